The van der Waals surface area contributed by atoms with Crippen LogP contribution in [0.25, 0.3) is 0 Å². The summed E-state index contributed by atoms with van der Waals surface area (Å²) in [5, 5.41) is 0.601. The third-order valence-corrected chi connectivity index (χ3v) is 3.99. The molecule has 0 bridgehead atoms. The fraction of sp³-hybridized carbons (Fsp3) is 0.294. The molecule has 114 valence electrons. The monoisotopic (exact) mass is 316 g/mol. The van der Waals surface area contributed by atoms with Crippen LogP contribution in [0.5, 0.6) is 5.75 Å². The van der Waals surface area contributed by atoms with Gasteiger partial charge in [-0.2, -0.15) is 0 Å². The first-order valence-corrected chi connectivity index (χ1v) is 7.68. The molecule has 1 saturated heterocycles. The van der Waals surface area contributed by atoms with Crippen LogP contribution in [0.3, 0.4) is 0 Å². The van der Waals surface area contributed by atoms with Crippen molar-refractivity contribution in [2.45, 2.75) is 18.9 Å². The smallest absolute Gasteiger partial charge is 0.223 e. The third kappa shape index (κ3) is 3.57. The number of carbonyl (C=O) groups is 1. The minimum absolute atomic E-state index is 0.0299. The van der Waals surface area contributed by atoms with Crippen LogP contribution in [0, 0.1) is 0 Å². The number of ether oxygens (including phenoxy) is 1. The molecular weight excluding hydrogens is 300 g/mol. The van der Waals surface area contributed by atoms with Gasteiger partial charge in [0.1, 0.15) is 11.9 Å². The van der Waals surface area contributed by atoms with Crippen molar-refractivity contribution in [3.8, 4) is 5.75 Å². The Morgan fingerprint density at radius 1 is 1.27 bits per heavy atom. The molecule has 0 atom stereocenters. The summed E-state index contributed by atoms with van der Waals surface area (Å²) in [6.45, 7) is 1.24. The van der Waals surface area contributed by atoms with E-state index in [1.54, 1.807) is 18.5 Å². The predicted octanol–water partition coefficient (Wildman–Crippen LogP) is 2.96. The summed E-state index contributed by atoms with van der Waals surface area (Å²) in [5.41, 5.74) is 1.08. The normalized spacial score (nSPS) is 14.5. The maximum Gasteiger partial charge on any atom is 0.223 e. The van der Waals surface area contributed by atoms with Gasteiger partial charge in [-0.3, -0.25) is 9.78 Å². The van der Waals surface area contributed by atoms with E-state index in [4.69, 9.17) is 16.3 Å². The Labute approximate surface area is 134 Å². The number of benzene rings is 1. The SMILES string of the molecule is O=C(CCc1cccnc1)N1CC(Oc2ccccc2Cl)C1. The molecule has 0 N–H and O–H groups in total. The molecule has 1 aliphatic rings. The highest BCUT2D eigenvalue weighted by molar-refractivity contribution is 6.32. The van der Waals surface area contributed by atoms with Crippen LogP contribution in [0.15, 0.2) is 48.8 Å². The summed E-state index contributed by atoms with van der Waals surface area (Å²) >= 11 is 6.05. The molecule has 1 aliphatic heterocycles. The Balaban J connectivity index is 1.43. The highest BCUT2D eigenvalue weighted by atomic mass is 35.5. The molecule has 1 fully saturated rings. The van der Waals surface area contributed by atoms with E-state index < -0.39 is 0 Å². The van der Waals surface area contributed by atoms with Gasteiger partial charge in [0.2, 0.25) is 5.91 Å². The number of nitrogens with zero attached hydrogens (tertiary/aromatic N) is 2. The fourth-order valence-electron chi connectivity index (χ4n) is 2.39. The van der Waals surface area contributed by atoms with Crippen LogP contribution in [-0.4, -0.2) is 35.0 Å². The molecule has 0 aliphatic carbocycles. The summed E-state index contributed by atoms with van der Waals surface area (Å²) in [4.78, 5) is 18.0. The van der Waals surface area contributed by atoms with Gasteiger partial charge in [-0.15, -0.1) is 0 Å². The Kier molecular flexibility index (Phi) is 4.59. The summed E-state index contributed by atoms with van der Waals surface area (Å²) in [6.07, 6.45) is 4.79. The number of aryl methyl sites for hydroxylation is 1. The van der Waals surface area contributed by atoms with Gasteiger partial charge in [0.05, 0.1) is 18.1 Å². The first-order chi connectivity index (χ1) is 10.7. The minimum atomic E-state index is 0.0299. The van der Waals surface area contributed by atoms with Crippen LogP contribution in [0.2, 0.25) is 5.02 Å². The molecule has 4 nitrogen and oxygen atoms in total. The van der Waals surface area contributed by atoms with Crippen LogP contribution >= 0.6 is 11.6 Å². The van der Waals surface area contributed by atoms with Crippen LogP contribution < -0.4 is 4.74 Å². The van der Waals surface area contributed by atoms with Gasteiger partial charge in [0, 0.05) is 18.8 Å². The van der Waals surface area contributed by atoms with E-state index in [2.05, 4.69) is 4.98 Å². The Morgan fingerprint density at radius 3 is 2.82 bits per heavy atom. The lowest BCUT2D eigenvalue weighted by atomic mass is 10.1. The number of rotatable bonds is 5. The molecule has 0 saturated carbocycles. The van der Waals surface area contributed by atoms with Crippen molar-refractivity contribution >= 4 is 17.5 Å². The molecule has 0 unspecified atom stereocenters. The maximum absolute atomic E-state index is 12.1. The van der Waals surface area contributed by atoms with E-state index in [1.807, 2.05) is 35.2 Å². The second kappa shape index (κ2) is 6.79. The third-order valence-electron chi connectivity index (χ3n) is 3.68. The number of hydrogen-bond donors (Lipinski definition) is 0. The lowest BCUT2D eigenvalue weighted by molar-refractivity contribution is -0.139. The second-order valence-corrected chi connectivity index (χ2v) is 5.74. The summed E-state index contributed by atoms with van der Waals surface area (Å²) in [7, 11) is 0. The Hall–Kier alpha value is -2.07. The van der Waals surface area contributed by atoms with Gasteiger partial charge < -0.3 is 9.64 Å². The van der Waals surface area contributed by atoms with Crippen molar-refractivity contribution in [2.24, 2.45) is 0 Å². The van der Waals surface area contributed by atoms with Gasteiger partial charge in [-0.25, -0.2) is 0 Å². The van der Waals surface area contributed by atoms with E-state index in [-0.39, 0.29) is 12.0 Å². The molecule has 2 aromatic rings. The Bertz CT molecular complexity index is 642. The predicted molar refractivity (Wildman–Crippen MR) is 85.0 cm³/mol. The van der Waals surface area contributed by atoms with Crippen LogP contribution in [0.4, 0.5) is 0 Å². The molecule has 1 amide bonds. The quantitative estimate of drug-likeness (QED) is 0.851. The fourth-order valence-corrected chi connectivity index (χ4v) is 2.57. The Morgan fingerprint density at radius 2 is 2.09 bits per heavy atom. The number of carbonyl (C=O) groups excluding carboxylic acids is 1. The number of likely N-dealkylation sites (tertiary alicyclic amines) is 1. The van der Waals surface area contributed by atoms with E-state index in [1.165, 1.54) is 0 Å². The second-order valence-electron chi connectivity index (χ2n) is 5.33. The van der Waals surface area contributed by atoms with E-state index in [0.29, 0.717) is 30.3 Å². The van der Waals surface area contributed by atoms with Gasteiger partial charge in [0.25, 0.3) is 0 Å². The van der Waals surface area contributed by atoms with E-state index in [9.17, 15) is 4.79 Å². The largest absolute Gasteiger partial charge is 0.485 e. The lowest BCUT2D eigenvalue weighted by Gasteiger charge is -2.39. The number of aromatic nitrogens is 1. The lowest BCUT2D eigenvalue weighted by Crippen LogP contribution is -2.56. The zero-order chi connectivity index (χ0) is 15.4. The molecule has 2 heterocycles. The highest BCUT2D eigenvalue weighted by Gasteiger charge is 2.32. The molecule has 3 rings (SSSR count). The summed E-state index contributed by atoms with van der Waals surface area (Å²) < 4.78 is 5.79. The molecular formula is C17H17ClN2O2. The van der Waals surface area contributed by atoms with Gasteiger partial charge in [-0.1, -0.05) is 29.8 Å². The first kappa shape index (κ1) is 14.9. The van der Waals surface area contributed by atoms with Crippen molar-refractivity contribution in [1.82, 2.24) is 9.88 Å². The van der Waals surface area contributed by atoms with Gasteiger partial charge in [0.15, 0.2) is 0 Å². The molecule has 1 aromatic heterocycles. The maximum atomic E-state index is 12.1. The molecule has 22 heavy (non-hydrogen) atoms. The number of amides is 1. The molecule has 5 heteroatoms. The van der Waals surface area contributed by atoms with Crippen LogP contribution in [0.1, 0.15) is 12.0 Å². The summed E-state index contributed by atoms with van der Waals surface area (Å²) in [5.74, 6) is 0.833. The number of pyridine rings is 1. The minimum Gasteiger partial charge on any atom is -0.485 e. The number of hydrogen-bond acceptors (Lipinski definition) is 3. The first-order valence-electron chi connectivity index (χ1n) is 7.30. The van der Waals surface area contributed by atoms with Crippen molar-refractivity contribution < 1.29 is 9.53 Å². The van der Waals surface area contributed by atoms with Crippen molar-refractivity contribution in [1.29, 1.82) is 0 Å². The van der Waals surface area contributed by atoms with E-state index in [0.717, 1.165) is 12.0 Å². The highest BCUT2D eigenvalue weighted by Crippen LogP contribution is 2.26. The number of para-hydroxylation sites is 1. The van der Waals surface area contributed by atoms with Gasteiger partial charge in [-0.05, 0) is 30.2 Å². The zero-order valence-electron chi connectivity index (χ0n) is 12.1. The number of halogens is 1. The van der Waals surface area contributed by atoms with Crippen molar-refractivity contribution in [3.63, 3.8) is 0 Å². The van der Waals surface area contributed by atoms with Crippen molar-refractivity contribution in [3.05, 3.63) is 59.4 Å². The molecule has 1 aromatic carbocycles. The van der Waals surface area contributed by atoms with Gasteiger partial charge >= 0.3 is 0 Å². The van der Waals surface area contributed by atoms with E-state index >= 15 is 0 Å². The standard InChI is InChI=1S/C17H17ClN2O2/c18-15-5-1-2-6-16(15)22-14-11-20(12-14)17(21)8-7-13-4-3-9-19-10-13/h1-6,9-10,14H,7-8,11-12H2. The summed E-state index contributed by atoms with van der Waals surface area (Å²) in [6, 6.07) is 11.3. The average Bonchev–Trinajstić information content (AvgIpc) is 2.51. The zero-order valence-corrected chi connectivity index (χ0v) is 12.9. The van der Waals surface area contributed by atoms with Crippen molar-refractivity contribution in [2.75, 3.05) is 13.1 Å². The van der Waals surface area contributed by atoms with Crippen LogP contribution in [-0.2, 0) is 11.2 Å². The average molecular weight is 317 g/mol. The topological polar surface area (TPSA) is 42.4 Å². The molecule has 0 spiro atoms. The molecule has 0 radical (unpaired) electrons.